The summed E-state index contributed by atoms with van der Waals surface area (Å²) in [7, 11) is 0. The smallest absolute Gasteiger partial charge is 0.258 e. The van der Waals surface area contributed by atoms with Crippen LogP contribution in [0.4, 0.5) is 11.9 Å². The van der Waals surface area contributed by atoms with Crippen LogP contribution >= 0.6 is 23.2 Å². The zero-order chi connectivity index (χ0) is 22.1. The Morgan fingerprint density at radius 2 is 1.56 bits per heavy atom. The van der Waals surface area contributed by atoms with Crippen LogP contribution in [-0.2, 0) is 0 Å². The van der Waals surface area contributed by atoms with Crippen molar-refractivity contribution in [3.05, 3.63) is 112 Å². The number of carbonyl (C=O) groups excluding carboxylic acids is 1. The van der Waals surface area contributed by atoms with Crippen molar-refractivity contribution in [2.45, 2.75) is 6.04 Å². The molecule has 3 aromatic carbocycles. The standard InChI is InChI=1S/C24H17Cl2N5O/c25-18-10-6-15(7-11-18)20-14-21(16-4-2-1-3-5-16)31-24(27-20)29-23(30-31)28-22(32)17-8-12-19(26)13-9-17/h1-14,21H,(H2,27,28,29,30,32)/t21-/m0/s1. The van der Waals surface area contributed by atoms with E-state index in [4.69, 9.17) is 23.2 Å². The van der Waals surface area contributed by atoms with Gasteiger partial charge in [-0.2, -0.15) is 4.98 Å². The minimum Gasteiger partial charge on any atom is -0.324 e. The van der Waals surface area contributed by atoms with Crippen LogP contribution in [0, 0.1) is 0 Å². The SMILES string of the molecule is O=C(Nc1nc2n(n1)[C@H](c1ccccc1)C=C(c1ccc(Cl)cc1)N2)c1ccc(Cl)cc1. The van der Waals surface area contributed by atoms with Gasteiger partial charge in [-0.05, 0) is 53.6 Å². The first-order valence-corrected chi connectivity index (χ1v) is 10.7. The summed E-state index contributed by atoms with van der Waals surface area (Å²) in [5.74, 6) is 0.420. The number of fused-ring (bicyclic) bond motifs is 1. The zero-order valence-corrected chi connectivity index (χ0v) is 18.2. The number of halogens is 2. The van der Waals surface area contributed by atoms with Gasteiger partial charge in [0.05, 0.1) is 0 Å². The highest BCUT2D eigenvalue weighted by Gasteiger charge is 2.26. The largest absolute Gasteiger partial charge is 0.324 e. The average Bonchev–Trinajstić information content (AvgIpc) is 3.22. The van der Waals surface area contributed by atoms with Crippen molar-refractivity contribution < 1.29 is 4.79 Å². The molecule has 1 amide bonds. The lowest BCUT2D eigenvalue weighted by atomic mass is 10.0. The molecule has 0 radical (unpaired) electrons. The van der Waals surface area contributed by atoms with Gasteiger partial charge in [-0.3, -0.25) is 10.1 Å². The maximum absolute atomic E-state index is 12.6. The Morgan fingerprint density at radius 1 is 0.906 bits per heavy atom. The molecular formula is C24H17Cl2N5O. The second kappa shape index (κ2) is 8.49. The first-order valence-electron chi connectivity index (χ1n) is 9.90. The van der Waals surface area contributed by atoms with Crippen molar-refractivity contribution in [2.75, 3.05) is 10.6 Å². The zero-order valence-electron chi connectivity index (χ0n) is 16.7. The fourth-order valence-electron chi connectivity index (χ4n) is 3.51. The van der Waals surface area contributed by atoms with Crippen molar-refractivity contribution in [1.29, 1.82) is 0 Å². The first kappa shape index (κ1) is 20.3. The van der Waals surface area contributed by atoms with Crippen molar-refractivity contribution in [3.8, 4) is 0 Å². The third-order valence-corrected chi connectivity index (χ3v) is 5.60. The fraction of sp³-hybridized carbons (Fsp3) is 0.0417. The van der Waals surface area contributed by atoms with Gasteiger partial charge < -0.3 is 5.32 Å². The molecule has 0 aliphatic carbocycles. The number of aromatic nitrogens is 3. The molecule has 0 unspecified atom stereocenters. The molecule has 0 fully saturated rings. The highest BCUT2D eigenvalue weighted by molar-refractivity contribution is 6.31. The number of nitrogens with one attached hydrogen (secondary N) is 2. The van der Waals surface area contributed by atoms with Gasteiger partial charge in [-0.25, -0.2) is 4.68 Å². The number of hydrogen-bond acceptors (Lipinski definition) is 4. The molecule has 4 aromatic rings. The number of anilines is 2. The van der Waals surface area contributed by atoms with Gasteiger partial charge in [-0.1, -0.05) is 65.7 Å². The van der Waals surface area contributed by atoms with E-state index in [0.29, 0.717) is 21.6 Å². The van der Waals surface area contributed by atoms with E-state index in [2.05, 4.69) is 26.8 Å². The number of nitrogens with zero attached hydrogens (tertiary/aromatic N) is 3. The third-order valence-electron chi connectivity index (χ3n) is 5.09. The minimum absolute atomic E-state index is 0.202. The molecule has 1 aromatic heterocycles. The molecule has 1 atom stereocenters. The molecule has 2 N–H and O–H groups in total. The Balaban J connectivity index is 1.49. The Labute approximate surface area is 194 Å². The number of carbonyl (C=O) groups is 1. The van der Waals surface area contributed by atoms with Crippen LogP contribution in [0.5, 0.6) is 0 Å². The van der Waals surface area contributed by atoms with Gasteiger partial charge in [0.1, 0.15) is 6.04 Å². The van der Waals surface area contributed by atoms with E-state index in [1.165, 1.54) is 0 Å². The van der Waals surface area contributed by atoms with Crippen molar-refractivity contribution in [2.24, 2.45) is 0 Å². The van der Waals surface area contributed by atoms with Crippen LogP contribution < -0.4 is 10.6 Å². The summed E-state index contributed by atoms with van der Waals surface area (Å²) in [6, 6.07) is 24.0. The predicted octanol–water partition coefficient (Wildman–Crippen LogP) is 5.89. The summed E-state index contributed by atoms with van der Waals surface area (Å²) < 4.78 is 1.76. The maximum atomic E-state index is 12.6. The second-order valence-corrected chi connectivity index (χ2v) is 8.11. The van der Waals surface area contributed by atoms with Crippen molar-refractivity contribution in [3.63, 3.8) is 0 Å². The van der Waals surface area contributed by atoms with Gasteiger partial charge in [-0.15, -0.1) is 5.10 Å². The van der Waals surface area contributed by atoms with E-state index in [1.54, 1.807) is 28.9 Å². The van der Waals surface area contributed by atoms with E-state index < -0.39 is 0 Å². The third kappa shape index (κ3) is 4.10. The Bertz CT molecular complexity index is 1300. The first-order chi connectivity index (χ1) is 15.6. The molecule has 158 valence electrons. The number of rotatable bonds is 4. The maximum Gasteiger partial charge on any atom is 0.258 e. The molecule has 2 heterocycles. The molecule has 32 heavy (non-hydrogen) atoms. The van der Waals surface area contributed by atoms with Crippen LogP contribution in [-0.4, -0.2) is 20.7 Å². The van der Waals surface area contributed by atoms with Crippen molar-refractivity contribution >= 4 is 46.7 Å². The molecule has 0 spiro atoms. The van der Waals surface area contributed by atoms with Gasteiger partial charge in [0.25, 0.3) is 11.9 Å². The Kier molecular flexibility index (Phi) is 5.39. The highest BCUT2D eigenvalue weighted by atomic mass is 35.5. The average molecular weight is 462 g/mol. The summed E-state index contributed by atoms with van der Waals surface area (Å²) in [5.41, 5.74) is 3.36. The monoisotopic (exact) mass is 461 g/mol. The summed E-state index contributed by atoms with van der Waals surface area (Å²) in [5, 5.41) is 11.9. The Hall–Kier alpha value is -3.61. The summed E-state index contributed by atoms with van der Waals surface area (Å²) in [4.78, 5) is 17.1. The van der Waals surface area contributed by atoms with E-state index >= 15 is 0 Å². The van der Waals surface area contributed by atoms with E-state index in [1.807, 2.05) is 54.6 Å². The lowest BCUT2D eigenvalue weighted by Gasteiger charge is -2.24. The molecule has 1 aliphatic rings. The predicted molar refractivity (Wildman–Crippen MR) is 127 cm³/mol. The van der Waals surface area contributed by atoms with Gasteiger partial charge >= 0.3 is 0 Å². The highest BCUT2D eigenvalue weighted by Crippen LogP contribution is 2.33. The molecule has 1 aliphatic heterocycles. The molecule has 0 bridgehead atoms. The lowest BCUT2D eigenvalue weighted by molar-refractivity contribution is 0.102. The van der Waals surface area contributed by atoms with Crippen LogP contribution in [0.25, 0.3) is 5.70 Å². The molecule has 0 saturated carbocycles. The van der Waals surface area contributed by atoms with Gasteiger partial charge in [0.15, 0.2) is 0 Å². The van der Waals surface area contributed by atoms with Crippen LogP contribution in [0.15, 0.2) is 84.9 Å². The normalized spacial score (nSPS) is 14.8. The number of allylic oxidation sites excluding steroid dienone is 1. The van der Waals surface area contributed by atoms with Crippen LogP contribution in [0.1, 0.15) is 27.5 Å². The second-order valence-electron chi connectivity index (χ2n) is 7.23. The van der Waals surface area contributed by atoms with E-state index in [9.17, 15) is 4.79 Å². The van der Waals surface area contributed by atoms with Crippen molar-refractivity contribution in [1.82, 2.24) is 14.8 Å². The summed E-state index contributed by atoms with van der Waals surface area (Å²) in [6.07, 6.45) is 2.07. The number of amides is 1. The van der Waals surface area contributed by atoms with E-state index in [0.717, 1.165) is 16.8 Å². The quantitative estimate of drug-likeness (QED) is 0.397. The summed E-state index contributed by atoms with van der Waals surface area (Å²) in [6.45, 7) is 0. The number of benzene rings is 3. The summed E-state index contributed by atoms with van der Waals surface area (Å²) >= 11 is 12.0. The Morgan fingerprint density at radius 3 is 2.25 bits per heavy atom. The number of hydrogen-bond donors (Lipinski definition) is 2. The fourth-order valence-corrected chi connectivity index (χ4v) is 3.76. The lowest BCUT2D eigenvalue weighted by Crippen LogP contribution is -2.20. The van der Waals surface area contributed by atoms with Gasteiger partial charge in [0, 0.05) is 21.3 Å². The topological polar surface area (TPSA) is 71.8 Å². The van der Waals surface area contributed by atoms with Gasteiger partial charge in [0.2, 0.25) is 5.95 Å². The molecular weight excluding hydrogens is 445 g/mol. The van der Waals surface area contributed by atoms with Crippen LogP contribution in [0.2, 0.25) is 10.0 Å². The van der Waals surface area contributed by atoms with Crippen LogP contribution in [0.3, 0.4) is 0 Å². The van der Waals surface area contributed by atoms with E-state index in [-0.39, 0.29) is 17.9 Å². The molecule has 0 saturated heterocycles. The molecule has 5 rings (SSSR count). The molecule has 6 nitrogen and oxygen atoms in total. The minimum atomic E-state index is -0.313. The molecule has 8 heteroatoms.